The number of unbranched alkanes of at least 4 members (excludes halogenated alkanes) is 2. The molecule has 130 valence electrons. The van der Waals surface area contributed by atoms with Gasteiger partial charge in [-0.25, -0.2) is 0 Å². The van der Waals surface area contributed by atoms with Crippen molar-refractivity contribution in [3.8, 4) is 11.4 Å². The normalized spacial score (nSPS) is 22.4. The highest BCUT2D eigenvalue weighted by atomic mass is 16.5. The van der Waals surface area contributed by atoms with Gasteiger partial charge in [0.1, 0.15) is 0 Å². The van der Waals surface area contributed by atoms with Gasteiger partial charge in [-0.1, -0.05) is 57.5 Å². The van der Waals surface area contributed by atoms with Crippen LogP contribution in [0.1, 0.15) is 77.0 Å². The molecule has 0 N–H and O–H groups in total. The number of hydrogen-bond acceptors (Lipinski definition) is 4. The van der Waals surface area contributed by atoms with Crippen LogP contribution in [0, 0.1) is 11.8 Å². The van der Waals surface area contributed by atoms with Crippen molar-refractivity contribution < 1.29 is 4.52 Å². The molecule has 1 aliphatic rings. The number of hydrogen-bond donors (Lipinski definition) is 0. The highest BCUT2D eigenvalue weighted by molar-refractivity contribution is 5.52. The fraction of sp³-hybridized carbons (Fsp3) is 0.650. The Bertz CT molecular complexity index is 602. The van der Waals surface area contributed by atoms with Crippen LogP contribution in [0.4, 0.5) is 0 Å². The average Bonchev–Trinajstić information content (AvgIpc) is 3.13. The van der Waals surface area contributed by atoms with Crippen LogP contribution in [-0.2, 0) is 0 Å². The first kappa shape index (κ1) is 17.1. The average molecular weight is 327 g/mol. The molecule has 2 aromatic heterocycles. The van der Waals surface area contributed by atoms with Crippen molar-refractivity contribution in [3.63, 3.8) is 0 Å². The van der Waals surface area contributed by atoms with E-state index in [9.17, 15) is 0 Å². The molecule has 0 aromatic carbocycles. The van der Waals surface area contributed by atoms with Crippen molar-refractivity contribution in [2.45, 2.75) is 71.1 Å². The highest BCUT2D eigenvalue weighted by Crippen LogP contribution is 2.39. The number of pyridine rings is 1. The lowest BCUT2D eigenvalue weighted by molar-refractivity contribution is 0.214. The van der Waals surface area contributed by atoms with Gasteiger partial charge in [0.05, 0.1) is 0 Å². The predicted octanol–water partition coefficient (Wildman–Crippen LogP) is 5.62. The van der Waals surface area contributed by atoms with Crippen molar-refractivity contribution in [1.29, 1.82) is 0 Å². The largest absolute Gasteiger partial charge is 0.339 e. The Hall–Kier alpha value is -1.71. The first-order chi connectivity index (χ1) is 11.8. The van der Waals surface area contributed by atoms with Crippen molar-refractivity contribution in [1.82, 2.24) is 15.1 Å². The summed E-state index contributed by atoms with van der Waals surface area (Å²) in [6.45, 7) is 4.52. The van der Waals surface area contributed by atoms with Gasteiger partial charge in [0, 0.05) is 23.9 Å². The lowest BCUT2D eigenvalue weighted by atomic mass is 9.75. The van der Waals surface area contributed by atoms with Crippen molar-refractivity contribution in [2.24, 2.45) is 11.8 Å². The maximum Gasteiger partial charge on any atom is 0.230 e. The van der Waals surface area contributed by atoms with Crippen LogP contribution in [0.3, 0.4) is 0 Å². The topological polar surface area (TPSA) is 51.8 Å². The quantitative estimate of drug-likeness (QED) is 0.619. The maximum atomic E-state index is 5.56. The van der Waals surface area contributed by atoms with Crippen molar-refractivity contribution in [3.05, 3.63) is 30.4 Å². The summed E-state index contributed by atoms with van der Waals surface area (Å²) in [6.07, 6.45) is 14.4. The Kier molecular flexibility index (Phi) is 6.00. The molecule has 1 aliphatic carbocycles. The van der Waals surface area contributed by atoms with Gasteiger partial charge in [0.2, 0.25) is 11.7 Å². The van der Waals surface area contributed by atoms with Gasteiger partial charge >= 0.3 is 0 Å². The van der Waals surface area contributed by atoms with Crippen LogP contribution >= 0.6 is 0 Å². The molecule has 24 heavy (non-hydrogen) atoms. The molecule has 2 heterocycles. The van der Waals surface area contributed by atoms with Crippen molar-refractivity contribution >= 4 is 0 Å². The van der Waals surface area contributed by atoms with E-state index in [4.69, 9.17) is 4.52 Å². The molecule has 1 atom stereocenters. The summed E-state index contributed by atoms with van der Waals surface area (Å²) in [5.41, 5.74) is 0.965. The molecular weight excluding hydrogens is 298 g/mol. The third-order valence-corrected chi connectivity index (χ3v) is 5.58. The summed E-state index contributed by atoms with van der Waals surface area (Å²) in [5, 5.41) is 4.15. The van der Waals surface area contributed by atoms with Gasteiger partial charge in [0.15, 0.2) is 0 Å². The van der Waals surface area contributed by atoms with Crippen LogP contribution in [0.2, 0.25) is 0 Å². The molecule has 1 unspecified atom stereocenters. The fourth-order valence-electron chi connectivity index (χ4n) is 3.90. The second-order valence-electron chi connectivity index (χ2n) is 7.26. The molecule has 2 aromatic rings. The van der Waals surface area contributed by atoms with E-state index in [2.05, 4.69) is 29.0 Å². The molecule has 0 bridgehead atoms. The lowest BCUT2D eigenvalue weighted by Gasteiger charge is -2.30. The molecule has 4 heteroatoms. The Morgan fingerprint density at radius 1 is 1.12 bits per heavy atom. The monoisotopic (exact) mass is 327 g/mol. The highest BCUT2D eigenvalue weighted by Gasteiger charge is 2.29. The standard InChI is InChI=1S/C20H29N3O/c1-3-4-5-6-16-7-9-17(10-8-16)15(2)20-22-19(23-24-20)18-11-13-21-14-12-18/h11-17H,3-10H2,1-2H3. The van der Waals surface area contributed by atoms with E-state index in [-0.39, 0.29) is 0 Å². The minimum Gasteiger partial charge on any atom is -0.339 e. The molecule has 1 saturated carbocycles. The van der Waals surface area contributed by atoms with E-state index in [0.717, 1.165) is 17.4 Å². The van der Waals surface area contributed by atoms with Crippen LogP contribution in [-0.4, -0.2) is 15.1 Å². The Balaban J connectivity index is 1.54. The Morgan fingerprint density at radius 2 is 1.88 bits per heavy atom. The summed E-state index contributed by atoms with van der Waals surface area (Å²) in [4.78, 5) is 8.66. The minimum atomic E-state index is 0.352. The predicted molar refractivity (Wildman–Crippen MR) is 95.5 cm³/mol. The zero-order valence-electron chi connectivity index (χ0n) is 14.9. The number of rotatable bonds is 7. The summed E-state index contributed by atoms with van der Waals surface area (Å²) in [6, 6.07) is 3.83. The van der Waals surface area contributed by atoms with Gasteiger partial charge in [-0.3, -0.25) is 4.98 Å². The minimum absolute atomic E-state index is 0.352. The van der Waals surface area contributed by atoms with Gasteiger partial charge < -0.3 is 4.52 Å². The molecule has 0 amide bonds. The third-order valence-electron chi connectivity index (χ3n) is 5.58. The maximum absolute atomic E-state index is 5.56. The van der Waals surface area contributed by atoms with E-state index < -0.39 is 0 Å². The second kappa shape index (κ2) is 8.41. The lowest BCUT2D eigenvalue weighted by Crippen LogP contribution is -2.19. The third kappa shape index (κ3) is 4.22. The zero-order valence-corrected chi connectivity index (χ0v) is 14.9. The Labute approximate surface area is 145 Å². The van der Waals surface area contributed by atoms with E-state index in [1.54, 1.807) is 12.4 Å². The van der Waals surface area contributed by atoms with Crippen LogP contribution in [0.5, 0.6) is 0 Å². The zero-order chi connectivity index (χ0) is 16.8. The molecule has 1 fully saturated rings. The van der Waals surface area contributed by atoms with Crippen LogP contribution in [0.15, 0.2) is 29.0 Å². The van der Waals surface area contributed by atoms with Gasteiger partial charge in [-0.05, 0) is 36.8 Å². The summed E-state index contributed by atoms with van der Waals surface area (Å²) in [5.74, 6) is 3.43. The van der Waals surface area contributed by atoms with E-state index in [0.29, 0.717) is 17.7 Å². The van der Waals surface area contributed by atoms with E-state index >= 15 is 0 Å². The molecule has 4 nitrogen and oxygen atoms in total. The summed E-state index contributed by atoms with van der Waals surface area (Å²) >= 11 is 0. The fourth-order valence-corrected chi connectivity index (χ4v) is 3.90. The SMILES string of the molecule is CCCCCC1CCC(C(C)c2nc(-c3ccncc3)no2)CC1. The molecular formula is C20H29N3O. The van der Waals surface area contributed by atoms with Crippen LogP contribution in [0.25, 0.3) is 11.4 Å². The van der Waals surface area contributed by atoms with Crippen LogP contribution < -0.4 is 0 Å². The number of nitrogens with zero attached hydrogens (tertiary/aromatic N) is 3. The van der Waals surface area contributed by atoms with Gasteiger partial charge in [-0.15, -0.1) is 0 Å². The summed E-state index contributed by atoms with van der Waals surface area (Å²) in [7, 11) is 0. The van der Waals surface area contributed by atoms with Crippen molar-refractivity contribution in [2.75, 3.05) is 0 Å². The Morgan fingerprint density at radius 3 is 2.58 bits per heavy atom. The first-order valence-corrected chi connectivity index (χ1v) is 9.52. The molecule has 0 radical (unpaired) electrons. The smallest absolute Gasteiger partial charge is 0.230 e. The molecule has 0 spiro atoms. The van der Waals surface area contributed by atoms with Gasteiger partial charge in [0.25, 0.3) is 0 Å². The molecule has 0 saturated heterocycles. The molecule has 0 aliphatic heterocycles. The summed E-state index contributed by atoms with van der Waals surface area (Å²) < 4.78 is 5.56. The first-order valence-electron chi connectivity index (χ1n) is 9.52. The van der Waals surface area contributed by atoms with E-state index in [1.807, 2.05) is 12.1 Å². The van der Waals surface area contributed by atoms with Gasteiger partial charge in [-0.2, -0.15) is 4.98 Å². The molecule has 3 rings (SSSR count). The number of aromatic nitrogens is 3. The van der Waals surface area contributed by atoms with E-state index in [1.165, 1.54) is 51.4 Å². The second-order valence-corrected chi connectivity index (χ2v) is 7.26.